The minimum Gasteiger partial charge on any atom is -0.344 e. The van der Waals surface area contributed by atoms with E-state index in [0.717, 1.165) is 12.8 Å². The van der Waals surface area contributed by atoms with E-state index < -0.39 is 5.82 Å². The van der Waals surface area contributed by atoms with Crippen LogP contribution in [0.1, 0.15) is 29.2 Å². The topological polar surface area (TPSA) is 66.8 Å². The summed E-state index contributed by atoms with van der Waals surface area (Å²) in [5.41, 5.74) is 1.37. The Balaban J connectivity index is 1.64. The van der Waals surface area contributed by atoms with Crippen LogP contribution >= 0.6 is 0 Å². The van der Waals surface area contributed by atoms with Crippen molar-refractivity contribution in [2.75, 3.05) is 13.1 Å². The lowest BCUT2D eigenvalue weighted by molar-refractivity contribution is 0.0681. The van der Waals surface area contributed by atoms with Gasteiger partial charge in [0.25, 0.3) is 5.91 Å². The molecule has 1 saturated heterocycles. The van der Waals surface area contributed by atoms with E-state index in [1.165, 1.54) is 18.5 Å². The maximum Gasteiger partial charge on any atom is 0.256 e. The molecule has 1 unspecified atom stereocenters. The van der Waals surface area contributed by atoms with Crippen LogP contribution in [0.15, 0.2) is 37.2 Å². The third-order valence-corrected chi connectivity index (χ3v) is 4.35. The molecule has 23 heavy (non-hydrogen) atoms. The van der Waals surface area contributed by atoms with Gasteiger partial charge in [0.2, 0.25) is 0 Å². The number of halogens is 1. The van der Waals surface area contributed by atoms with E-state index in [4.69, 9.17) is 0 Å². The number of carbonyl (C=O) groups excluding carboxylic acids is 1. The minimum absolute atomic E-state index is 0.175. The maximum atomic E-state index is 13.8. The molecule has 6 nitrogen and oxygen atoms in total. The lowest BCUT2D eigenvalue weighted by Gasteiger charge is -2.33. The van der Waals surface area contributed by atoms with Crippen LogP contribution in [0, 0.1) is 5.82 Å². The first-order chi connectivity index (χ1) is 11.2. The summed E-state index contributed by atoms with van der Waals surface area (Å²) in [6.07, 6.45) is 8.81. The van der Waals surface area contributed by atoms with E-state index in [1.807, 2.05) is 10.8 Å². The first-order valence-corrected chi connectivity index (χ1v) is 7.62. The number of hydrogen-bond donors (Lipinski definition) is 1. The number of nitrogens with zero attached hydrogens (tertiary/aromatic N) is 4. The van der Waals surface area contributed by atoms with Crippen molar-refractivity contribution in [2.45, 2.75) is 18.9 Å². The largest absolute Gasteiger partial charge is 0.344 e. The van der Waals surface area contributed by atoms with Gasteiger partial charge in [-0.25, -0.2) is 14.4 Å². The number of imidazole rings is 2. The summed E-state index contributed by atoms with van der Waals surface area (Å²) in [6, 6.07) is 2.83. The number of aromatic nitrogens is 4. The molecule has 118 valence electrons. The lowest BCUT2D eigenvalue weighted by atomic mass is 10.0. The summed E-state index contributed by atoms with van der Waals surface area (Å²) < 4.78 is 15.8. The van der Waals surface area contributed by atoms with Crippen molar-refractivity contribution < 1.29 is 9.18 Å². The quantitative estimate of drug-likeness (QED) is 0.790. The van der Waals surface area contributed by atoms with Crippen LogP contribution in [-0.4, -0.2) is 43.4 Å². The zero-order chi connectivity index (χ0) is 15.8. The van der Waals surface area contributed by atoms with Gasteiger partial charge < -0.3 is 14.5 Å². The number of likely N-dealkylation sites (tertiary alicyclic amines) is 1. The molecule has 1 aliphatic heterocycles. The van der Waals surface area contributed by atoms with Crippen molar-refractivity contribution in [3.63, 3.8) is 0 Å². The molecule has 3 aromatic rings. The van der Waals surface area contributed by atoms with Gasteiger partial charge in [-0.1, -0.05) is 0 Å². The number of H-pyrrole nitrogens is 1. The zero-order valence-corrected chi connectivity index (χ0v) is 12.4. The number of hydrogen-bond acceptors (Lipinski definition) is 3. The summed E-state index contributed by atoms with van der Waals surface area (Å²) in [7, 11) is 0. The second kappa shape index (κ2) is 5.49. The minimum atomic E-state index is -0.437. The molecule has 1 amide bonds. The number of nitrogens with one attached hydrogen (secondary N) is 1. The number of fused-ring (bicyclic) bond motifs is 1. The fourth-order valence-electron chi connectivity index (χ4n) is 3.22. The number of carbonyl (C=O) groups is 1. The molecule has 0 spiro atoms. The lowest BCUT2D eigenvalue weighted by Crippen LogP contribution is -2.40. The first kappa shape index (κ1) is 13.9. The molecule has 0 aliphatic carbocycles. The van der Waals surface area contributed by atoms with Gasteiger partial charge >= 0.3 is 0 Å². The number of benzene rings is 1. The fraction of sp³-hybridized carbons (Fsp3) is 0.312. The Morgan fingerprint density at radius 2 is 2.30 bits per heavy atom. The predicted molar refractivity (Wildman–Crippen MR) is 82.5 cm³/mol. The molecule has 1 aromatic carbocycles. The molecule has 0 bridgehead atoms. The van der Waals surface area contributed by atoms with Crippen LogP contribution in [0.5, 0.6) is 0 Å². The summed E-state index contributed by atoms with van der Waals surface area (Å²) in [5.74, 6) is -0.611. The van der Waals surface area contributed by atoms with Gasteiger partial charge in [0.05, 0.1) is 29.8 Å². The van der Waals surface area contributed by atoms with Crippen LogP contribution < -0.4 is 0 Å². The van der Waals surface area contributed by atoms with Crippen LogP contribution in [0.4, 0.5) is 4.39 Å². The second-order valence-electron chi connectivity index (χ2n) is 5.81. The molecule has 1 N–H and O–H groups in total. The standard InChI is InChI=1S/C16H16FN5O/c17-11-6-13(15-14(7-11)19-9-20-15)16(23)21-4-1-2-12(8-21)22-5-3-18-10-22/h3,5-7,9-10,12H,1-2,4,8H2,(H,19,20). The Hall–Kier alpha value is -2.70. The molecule has 0 radical (unpaired) electrons. The van der Waals surface area contributed by atoms with Crippen LogP contribution in [0.3, 0.4) is 0 Å². The van der Waals surface area contributed by atoms with Crippen molar-refractivity contribution in [1.29, 1.82) is 0 Å². The Morgan fingerprint density at radius 3 is 3.13 bits per heavy atom. The third kappa shape index (κ3) is 2.48. The molecule has 7 heteroatoms. The number of piperidine rings is 1. The number of aromatic amines is 1. The number of rotatable bonds is 2. The van der Waals surface area contributed by atoms with Gasteiger partial charge in [-0.3, -0.25) is 4.79 Å². The number of amides is 1. The van der Waals surface area contributed by atoms with Gasteiger partial charge in [-0.15, -0.1) is 0 Å². The fourth-order valence-corrected chi connectivity index (χ4v) is 3.22. The Kier molecular flexibility index (Phi) is 3.33. The van der Waals surface area contributed by atoms with E-state index in [2.05, 4.69) is 15.0 Å². The van der Waals surface area contributed by atoms with Gasteiger partial charge in [0.1, 0.15) is 11.3 Å². The monoisotopic (exact) mass is 313 g/mol. The van der Waals surface area contributed by atoms with Gasteiger partial charge in [0, 0.05) is 25.5 Å². The van der Waals surface area contributed by atoms with Gasteiger partial charge in [-0.2, -0.15) is 0 Å². The molecular weight excluding hydrogens is 297 g/mol. The summed E-state index contributed by atoms with van der Waals surface area (Å²) in [6.45, 7) is 1.27. The SMILES string of the molecule is O=C(c1cc(F)cc2[nH]cnc12)N1CCCC(n2ccnc2)C1. The highest BCUT2D eigenvalue weighted by atomic mass is 19.1. The molecule has 4 rings (SSSR count). The molecule has 3 heterocycles. The van der Waals surface area contributed by atoms with Gasteiger partial charge in [0.15, 0.2) is 0 Å². The predicted octanol–water partition coefficient (Wildman–Crippen LogP) is 2.38. The second-order valence-corrected chi connectivity index (χ2v) is 5.81. The maximum absolute atomic E-state index is 13.8. The Bertz CT molecular complexity index is 841. The Morgan fingerprint density at radius 1 is 1.39 bits per heavy atom. The summed E-state index contributed by atoms with van der Waals surface area (Å²) in [4.78, 5) is 25.7. The van der Waals surface area contributed by atoms with E-state index in [9.17, 15) is 9.18 Å². The van der Waals surface area contributed by atoms with Crippen LogP contribution in [0.25, 0.3) is 11.0 Å². The highest BCUT2D eigenvalue weighted by Gasteiger charge is 2.27. The smallest absolute Gasteiger partial charge is 0.256 e. The Labute approximate surface area is 132 Å². The van der Waals surface area contributed by atoms with Crippen molar-refractivity contribution in [2.24, 2.45) is 0 Å². The average molecular weight is 313 g/mol. The van der Waals surface area contributed by atoms with Crippen molar-refractivity contribution in [1.82, 2.24) is 24.4 Å². The zero-order valence-electron chi connectivity index (χ0n) is 12.4. The van der Waals surface area contributed by atoms with Gasteiger partial charge in [-0.05, 0) is 25.0 Å². The van der Waals surface area contributed by atoms with E-state index in [1.54, 1.807) is 17.4 Å². The summed E-state index contributed by atoms with van der Waals surface area (Å²) in [5, 5.41) is 0. The normalized spacial score (nSPS) is 18.5. The molecule has 1 aliphatic rings. The summed E-state index contributed by atoms with van der Waals surface area (Å²) >= 11 is 0. The molecule has 2 aromatic heterocycles. The highest BCUT2D eigenvalue weighted by Crippen LogP contribution is 2.25. The van der Waals surface area contributed by atoms with E-state index >= 15 is 0 Å². The van der Waals surface area contributed by atoms with Crippen molar-refractivity contribution in [3.8, 4) is 0 Å². The van der Waals surface area contributed by atoms with Crippen molar-refractivity contribution in [3.05, 3.63) is 48.6 Å². The molecule has 1 fully saturated rings. The van der Waals surface area contributed by atoms with Crippen LogP contribution in [-0.2, 0) is 0 Å². The molecular formula is C16H16FN5O. The molecule has 0 saturated carbocycles. The average Bonchev–Trinajstić information content (AvgIpc) is 3.24. The highest BCUT2D eigenvalue weighted by molar-refractivity contribution is 6.04. The first-order valence-electron chi connectivity index (χ1n) is 7.62. The molecule has 1 atom stereocenters. The van der Waals surface area contributed by atoms with E-state index in [0.29, 0.717) is 29.7 Å². The van der Waals surface area contributed by atoms with Crippen molar-refractivity contribution >= 4 is 16.9 Å². The van der Waals surface area contributed by atoms with E-state index in [-0.39, 0.29) is 11.9 Å². The van der Waals surface area contributed by atoms with Crippen LogP contribution in [0.2, 0.25) is 0 Å². The third-order valence-electron chi connectivity index (χ3n) is 4.35.